The largest absolute Gasteiger partial charge is 0.394 e. The number of hydrogen-bond acceptors (Lipinski definition) is 13. The third kappa shape index (κ3) is 44.4. The number of ether oxygens (including phenoxy) is 4. The maximum absolute atomic E-state index is 13.4. The van der Waals surface area contributed by atoms with Crippen LogP contribution in [0.15, 0.2) is 109 Å². The molecule has 530 valence electrons. The van der Waals surface area contributed by atoms with Gasteiger partial charge in [-0.3, -0.25) is 4.79 Å². The molecule has 1 amide bonds. The van der Waals surface area contributed by atoms with Gasteiger partial charge in [0.25, 0.3) is 0 Å². The molecule has 2 aliphatic rings. The van der Waals surface area contributed by atoms with Crippen LogP contribution in [0.4, 0.5) is 0 Å². The summed E-state index contributed by atoms with van der Waals surface area (Å²) in [6.45, 7) is 2.70. The number of unbranched alkanes of at least 4 members (excludes halogenated alkanes) is 31. The summed E-state index contributed by atoms with van der Waals surface area (Å²) in [6.07, 6.45) is 71.3. The number of nitrogens with one attached hydrogen (secondary N) is 1. The molecule has 92 heavy (non-hydrogen) atoms. The minimum absolute atomic E-state index is 0.249. The van der Waals surface area contributed by atoms with Crippen LogP contribution in [0.2, 0.25) is 0 Å². The number of rotatable bonds is 60. The van der Waals surface area contributed by atoms with E-state index in [0.717, 1.165) is 103 Å². The molecule has 2 rings (SSSR count). The highest BCUT2D eigenvalue weighted by atomic mass is 16.7. The van der Waals surface area contributed by atoms with Crippen LogP contribution in [0.25, 0.3) is 0 Å². The molecule has 12 atom stereocenters. The maximum Gasteiger partial charge on any atom is 0.220 e. The lowest BCUT2D eigenvalue weighted by atomic mass is 9.97. The van der Waals surface area contributed by atoms with Crippen LogP contribution in [0.5, 0.6) is 0 Å². The topological polar surface area (TPSA) is 228 Å². The number of allylic oxidation sites excluding steroid dienone is 17. The Bertz CT molecular complexity index is 1960. The average molecular weight is 1290 g/mol. The third-order valence-electron chi connectivity index (χ3n) is 17.5. The molecule has 2 fully saturated rings. The smallest absolute Gasteiger partial charge is 0.220 e. The molecule has 0 aromatic carbocycles. The zero-order valence-corrected chi connectivity index (χ0v) is 57.8. The molecule has 0 saturated carbocycles. The summed E-state index contributed by atoms with van der Waals surface area (Å²) < 4.78 is 22.9. The molecule has 0 bridgehead atoms. The fraction of sp³-hybridized carbons (Fsp3) is 0.756. The number of amides is 1. The van der Waals surface area contributed by atoms with Gasteiger partial charge in [0.15, 0.2) is 12.6 Å². The normalized spacial score (nSPS) is 23.3. The molecule has 0 aliphatic carbocycles. The van der Waals surface area contributed by atoms with Crippen molar-refractivity contribution in [2.24, 2.45) is 0 Å². The second kappa shape index (κ2) is 61.3. The second-order valence-electron chi connectivity index (χ2n) is 25.7. The third-order valence-corrected chi connectivity index (χ3v) is 17.5. The van der Waals surface area contributed by atoms with Crippen LogP contribution in [0, 0.1) is 0 Å². The van der Waals surface area contributed by atoms with Gasteiger partial charge in [0.1, 0.15) is 48.8 Å². The van der Waals surface area contributed by atoms with Crippen molar-refractivity contribution < 1.29 is 64.6 Å². The van der Waals surface area contributed by atoms with Crippen molar-refractivity contribution in [2.45, 2.75) is 357 Å². The lowest BCUT2D eigenvalue weighted by Gasteiger charge is -2.46. The highest BCUT2D eigenvalue weighted by Crippen LogP contribution is 2.30. The van der Waals surface area contributed by atoms with Gasteiger partial charge in [-0.1, -0.05) is 303 Å². The SMILES string of the molecule is CC/C=C\C/C=C\C/C=C\C/C=C\C/C=C\C/C=C\C/C=C\C/C=C\CCCCCCCCCCC(=O)NC(COC1OC(CO)C(OC2OC(CO)C(O)C(O)C2O)C(O)C1O)C(O)/C=C/CCCCCCCCCCCCCCCCCCCCCCCCC. The van der Waals surface area contributed by atoms with E-state index in [1.54, 1.807) is 6.08 Å². The predicted octanol–water partition coefficient (Wildman–Crippen LogP) is 15.9. The van der Waals surface area contributed by atoms with Crippen molar-refractivity contribution in [3.8, 4) is 0 Å². The van der Waals surface area contributed by atoms with Gasteiger partial charge < -0.3 is 65.1 Å². The first-order valence-corrected chi connectivity index (χ1v) is 37.1. The van der Waals surface area contributed by atoms with E-state index in [0.29, 0.717) is 6.42 Å². The minimum Gasteiger partial charge on any atom is -0.394 e. The Morgan fingerprint density at radius 1 is 0.402 bits per heavy atom. The lowest BCUT2D eigenvalue weighted by molar-refractivity contribution is -0.359. The average Bonchev–Trinajstić information content (AvgIpc) is 0.829. The molecule has 0 radical (unpaired) electrons. The number of aliphatic hydroxyl groups excluding tert-OH is 8. The summed E-state index contributed by atoms with van der Waals surface area (Å²) in [5.41, 5.74) is 0. The Balaban J connectivity index is 1.68. The Morgan fingerprint density at radius 2 is 0.750 bits per heavy atom. The molecule has 0 spiro atoms. The van der Waals surface area contributed by atoms with Crippen LogP contribution < -0.4 is 5.32 Å². The standard InChI is InChI=1S/C78H135NO13/c1-3-5-7-9-11-13-15-17-19-21-23-25-27-29-30-31-32-33-34-35-36-38-40-42-44-46-48-50-52-54-56-58-60-62-70(83)79-66(65-89-77-75(88)73(86)76(69(64-81)91-77)92-78-74(87)72(85)71(84)68(63-80)90-78)67(82)61-59-57-55-53-51-49-47-45-43-41-39-37-28-26-24-22-20-18-16-14-12-10-8-6-4-2/h5,7,11,13,17,19,23,25,29-30,32-33,35-36,40,42,59,61,66-69,71-78,80-82,84-88H,3-4,6,8-10,12,14-16,18,20-22,24,26-28,31,34,37-39,41,43-58,60,62-65H2,1-2H3,(H,79,83)/b7-5-,13-11-,19-17-,25-23-,30-29-,33-32-,36-35-,42-40-,61-59+. The first-order chi connectivity index (χ1) is 45.1. The summed E-state index contributed by atoms with van der Waals surface area (Å²) in [6, 6.07) is -0.929. The molecule has 0 aromatic heterocycles. The van der Waals surface area contributed by atoms with E-state index in [1.807, 2.05) is 6.08 Å². The van der Waals surface area contributed by atoms with E-state index in [-0.39, 0.29) is 18.9 Å². The van der Waals surface area contributed by atoms with Gasteiger partial charge in [0.05, 0.1) is 32.0 Å². The first-order valence-electron chi connectivity index (χ1n) is 37.1. The van der Waals surface area contributed by atoms with E-state index in [9.17, 15) is 45.6 Å². The minimum atomic E-state index is -1.79. The monoisotopic (exact) mass is 1290 g/mol. The second-order valence-corrected chi connectivity index (χ2v) is 25.7. The molecular weight excluding hydrogens is 1160 g/mol. The molecule has 12 unspecified atom stereocenters. The molecular formula is C78H135NO13. The van der Waals surface area contributed by atoms with Gasteiger partial charge in [-0.15, -0.1) is 0 Å². The fourth-order valence-corrected chi connectivity index (χ4v) is 11.6. The molecule has 14 heteroatoms. The van der Waals surface area contributed by atoms with Gasteiger partial charge in [-0.25, -0.2) is 0 Å². The lowest BCUT2D eigenvalue weighted by Crippen LogP contribution is -2.65. The molecule has 2 saturated heterocycles. The highest BCUT2D eigenvalue weighted by molar-refractivity contribution is 5.76. The van der Waals surface area contributed by atoms with Gasteiger partial charge in [0, 0.05) is 6.42 Å². The van der Waals surface area contributed by atoms with Crippen LogP contribution in [-0.2, 0) is 23.7 Å². The van der Waals surface area contributed by atoms with Gasteiger partial charge in [0.2, 0.25) is 5.91 Å². The Morgan fingerprint density at radius 3 is 1.15 bits per heavy atom. The summed E-state index contributed by atoms with van der Waals surface area (Å²) in [5, 5.41) is 87.6. The summed E-state index contributed by atoms with van der Waals surface area (Å²) in [5.74, 6) is -0.249. The Labute approximate surface area is 559 Å². The molecule has 2 heterocycles. The van der Waals surface area contributed by atoms with Crippen molar-refractivity contribution in [2.75, 3.05) is 19.8 Å². The van der Waals surface area contributed by atoms with E-state index < -0.39 is 86.8 Å². The predicted molar refractivity (Wildman–Crippen MR) is 378 cm³/mol. The first kappa shape index (κ1) is 84.7. The van der Waals surface area contributed by atoms with Gasteiger partial charge in [-0.05, 0) is 83.5 Å². The zero-order valence-electron chi connectivity index (χ0n) is 57.8. The van der Waals surface area contributed by atoms with Gasteiger partial charge in [-0.2, -0.15) is 0 Å². The number of carbonyl (C=O) groups is 1. The number of aliphatic hydroxyl groups is 8. The van der Waals surface area contributed by atoms with Crippen LogP contribution >= 0.6 is 0 Å². The quantitative estimate of drug-likeness (QED) is 0.0204. The number of carbonyl (C=O) groups excluding carboxylic acids is 1. The molecule has 2 aliphatic heterocycles. The zero-order chi connectivity index (χ0) is 66.6. The number of hydrogen-bond donors (Lipinski definition) is 9. The summed E-state index contributed by atoms with van der Waals surface area (Å²) in [4.78, 5) is 13.4. The van der Waals surface area contributed by atoms with Crippen LogP contribution in [0.3, 0.4) is 0 Å². The summed E-state index contributed by atoms with van der Waals surface area (Å²) in [7, 11) is 0. The molecule has 14 nitrogen and oxygen atoms in total. The van der Waals surface area contributed by atoms with E-state index in [4.69, 9.17) is 18.9 Å². The van der Waals surface area contributed by atoms with Crippen LogP contribution in [0.1, 0.15) is 284 Å². The van der Waals surface area contributed by atoms with Crippen molar-refractivity contribution in [1.29, 1.82) is 0 Å². The van der Waals surface area contributed by atoms with Crippen molar-refractivity contribution in [3.63, 3.8) is 0 Å². The highest BCUT2D eigenvalue weighted by Gasteiger charge is 2.51. The van der Waals surface area contributed by atoms with Crippen LogP contribution in [-0.4, -0.2) is 140 Å². The van der Waals surface area contributed by atoms with Gasteiger partial charge >= 0.3 is 0 Å². The fourth-order valence-electron chi connectivity index (χ4n) is 11.6. The van der Waals surface area contributed by atoms with Crippen molar-refractivity contribution in [1.82, 2.24) is 5.32 Å². The Kier molecular flexibility index (Phi) is 56.4. The van der Waals surface area contributed by atoms with Crippen molar-refractivity contribution >= 4 is 5.91 Å². The summed E-state index contributed by atoms with van der Waals surface area (Å²) >= 11 is 0. The molecule has 9 N–H and O–H groups in total. The van der Waals surface area contributed by atoms with E-state index >= 15 is 0 Å². The van der Waals surface area contributed by atoms with Crippen molar-refractivity contribution in [3.05, 3.63) is 109 Å². The molecule has 0 aromatic rings. The maximum atomic E-state index is 13.4. The van der Waals surface area contributed by atoms with E-state index in [2.05, 4.69) is 116 Å². The van der Waals surface area contributed by atoms with E-state index in [1.165, 1.54) is 154 Å². The Hall–Kier alpha value is -3.35.